The zero-order valence-corrected chi connectivity index (χ0v) is 15.5. The molecule has 0 bridgehead atoms. The first-order valence-electron chi connectivity index (χ1n) is 7.53. The largest absolute Gasteiger partial charge is 0.360 e. The third-order valence-corrected chi connectivity index (χ3v) is 7.32. The Labute approximate surface area is 152 Å². The number of carbonyl (C=O) groups is 1. The SMILES string of the molecule is O=C1CNCC2=C1[C@H](c1ccc(F)c([125I])c1)C1=C(CCS1(=O)=O)N2. The minimum absolute atomic E-state index is 0.0433. The lowest BCUT2D eigenvalue weighted by molar-refractivity contribution is -0.115. The monoisotopic (exact) mass is 458 g/mol. The second kappa shape index (κ2) is 5.63. The molecule has 3 aliphatic rings. The van der Waals surface area contributed by atoms with Crippen LogP contribution in [-0.4, -0.2) is 33.0 Å². The van der Waals surface area contributed by atoms with Gasteiger partial charge >= 0.3 is 0 Å². The van der Waals surface area contributed by atoms with Gasteiger partial charge in [0.25, 0.3) is 0 Å². The quantitative estimate of drug-likeness (QED) is 0.626. The standard InChI is InChI=1S/C16H14FIN2O3S/c17-9-2-1-8(5-10(9)18)14-15-12(6-19-7-13(15)21)20-11-3-4-24(22,23)16(11)14/h1-2,5,14,19-20H,3-4,6-7H2/t14-/m0/s1/i18-2. The fourth-order valence-electron chi connectivity index (χ4n) is 3.56. The van der Waals surface area contributed by atoms with Crippen LogP contribution >= 0.6 is 22.6 Å². The van der Waals surface area contributed by atoms with Gasteiger partial charge in [-0.05, 0) is 40.3 Å². The molecule has 1 atom stereocenters. The smallest absolute Gasteiger partial charge is 0.177 e. The van der Waals surface area contributed by atoms with Crippen LogP contribution in [-0.2, 0) is 14.6 Å². The van der Waals surface area contributed by atoms with Crippen molar-refractivity contribution in [3.63, 3.8) is 0 Å². The van der Waals surface area contributed by atoms with Gasteiger partial charge in [0.2, 0.25) is 0 Å². The first-order chi connectivity index (χ1) is 11.4. The molecule has 0 fully saturated rings. The van der Waals surface area contributed by atoms with Crippen LogP contribution < -0.4 is 10.6 Å². The Balaban J connectivity index is 1.96. The Morgan fingerprint density at radius 3 is 2.75 bits per heavy atom. The summed E-state index contributed by atoms with van der Waals surface area (Å²) in [7, 11) is -3.43. The van der Waals surface area contributed by atoms with E-state index >= 15 is 0 Å². The molecule has 0 spiro atoms. The molecule has 8 heteroatoms. The first-order valence-corrected chi connectivity index (χ1v) is 10.3. The molecule has 4 rings (SSSR count). The molecule has 5 nitrogen and oxygen atoms in total. The van der Waals surface area contributed by atoms with E-state index in [1.165, 1.54) is 6.07 Å². The van der Waals surface area contributed by atoms with Crippen molar-refractivity contribution in [1.82, 2.24) is 10.6 Å². The minimum atomic E-state index is -3.43. The first kappa shape index (κ1) is 16.2. The summed E-state index contributed by atoms with van der Waals surface area (Å²) < 4.78 is 39.2. The molecule has 0 unspecified atom stereocenters. The third kappa shape index (κ3) is 2.42. The molecule has 1 aromatic carbocycles. The van der Waals surface area contributed by atoms with Crippen LogP contribution in [0.3, 0.4) is 0 Å². The van der Waals surface area contributed by atoms with E-state index < -0.39 is 15.8 Å². The molecule has 0 amide bonds. The van der Waals surface area contributed by atoms with E-state index in [9.17, 15) is 17.6 Å². The Bertz CT molecular complexity index is 937. The number of ketones is 1. The van der Waals surface area contributed by atoms with Gasteiger partial charge in [0.1, 0.15) is 5.82 Å². The number of benzene rings is 1. The maximum Gasteiger partial charge on any atom is 0.177 e. The van der Waals surface area contributed by atoms with E-state index in [1.807, 2.05) is 22.6 Å². The molecule has 0 saturated carbocycles. The van der Waals surface area contributed by atoms with Crippen molar-refractivity contribution in [1.29, 1.82) is 0 Å². The Kier molecular flexibility index (Phi) is 3.81. The fraction of sp³-hybridized carbons (Fsp3) is 0.312. The van der Waals surface area contributed by atoms with Gasteiger partial charge in [-0.1, -0.05) is 6.07 Å². The second-order valence-electron chi connectivity index (χ2n) is 6.06. The number of allylic oxidation sites excluding steroid dienone is 2. The molecule has 2 N–H and O–H groups in total. The van der Waals surface area contributed by atoms with Crippen LogP contribution in [0, 0.1) is 9.39 Å². The van der Waals surface area contributed by atoms with Crippen molar-refractivity contribution in [2.45, 2.75) is 12.3 Å². The van der Waals surface area contributed by atoms with Crippen LogP contribution in [0.2, 0.25) is 0 Å². The van der Waals surface area contributed by atoms with Crippen LogP contribution in [0.1, 0.15) is 17.9 Å². The fourth-order valence-corrected chi connectivity index (χ4v) is 5.94. The molecular formula is C16H14FIN2O3S. The predicted molar refractivity (Wildman–Crippen MR) is 95.3 cm³/mol. The van der Waals surface area contributed by atoms with Gasteiger partial charge in [0.15, 0.2) is 15.6 Å². The topological polar surface area (TPSA) is 75.3 Å². The van der Waals surface area contributed by atoms with E-state index in [2.05, 4.69) is 10.6 Å². The summed E-state index contributed by atoms with van der Waals surface area (Å²) in [6.07, 6.45) is 0.414. The number of nitrogens with one attached hydrogen (secondary N) is 2. The highest BCUT2D eigenvalue weighted by molar-refractivity contribution is 14.1. The molecule has 0 saturated heterocycles. The van der Waals surface area contributed by atoms with Crippen molar-refractivity contribution in [3.8, 4) is 0 Å². The maximum absolute atomic E-state index is 13.7. The molecular weight excluding hydrogens is 444 g/mol. The second-order valence-corrected chi connectivity index (χ2v) is 9.30. The summed E-state index contributed by atoms with van der Waals surface area (Å²) in [4.78, 5) is 12.8. The van der Waals surface area contributed by atoms with Gasteiger partial charge < -0.3 is 10.6 Å². The highest BCUT2D eigenvalue weighted by Crippen LogP contribution is 2.45. The summed E-state index contributed by atoms with van der Waals surface area (Å²) >= 11 is 1.88. The van der Waals surface area contributed by atoms with Gasteiger partial charge in [-0.25, -0.2) is 12.8 Å². The van der Waals surface area contributed by atoms with Crippen molar-refractivity contribution in [2.75, 3.05) is 18.8 Å². The van der Waals surface area contributed by atoms with Gasteiger partial charge in [-0.2, -0.15) is 0 Å². The molecule has 1 aromatic rings. The number of dihydropyridines is 1. The van der Waals surface area contributed by atoms with Gasteiger partial charge in [0, 0.05) is 33.5 Å². The number of carbonyl (C=O) groups excluding carboxylic acids is 1. The van der Waals surface area contributed by atoms with Crippen LogP contribution in [0.4, 0.5) is 4.39 Å². The van der Waals surface area contributed by atoms with Crippen LogP contribution in [0.15, 0.2) is 40.1 Å². The Morgan fingerprint density at radius 2 is 2.00 bits per heavy atom. The Hall–Kier alpha value is -1.26. The van der Waals surface area contributed by atoms with Crippen molar-refractivity contribution < 1.29 is 17.6 Å². The molecule has 0 radical (unpaired) electrons. The highest BCUT2D eigenvalue weighted by Gasteiger charge is 2.44. The molecule has 24 heavy (non-hydrogen) atoms. The van der Waals surface area contributed by atoms with Crippen molar-refractivity contribution in [2.24, 2.45) is 0 Å². The van der Waals surface area contributed by atoms with Crippen molar-refractivity contribution >= 4 is 38.2 Å². The maximum atomic E-state index is 13.7. The number of rotatable bonds is 1. The number of halogens is 2. The van der Waals surface area contributed by atoms with Gasteiger partial charge in [0.05, 0.1) is 23.1 Å². The van der Waals surface area contributed by atoms with Crippen LogP contribution in [0.5, 0.6) is 0 Å². The lowest BCUT2D eigenvalue weighted by Gasteiger charge is -2.33. The van der Waals surface area contributed by atoms with E-state index in [0.717, 1.165) is 5.70 Å². The van der Waals surface area contributed by atoms with E-state index in [-0.39, 0.29) is 28.8 Å². The number of sulfone groups is 1. The lowest BCUT2D eigenvalue weighted by Crippen LogP contribution is -2.42. The average molecular weight is 458 g/mol. The molecule has 0 aliphatic carbocycles. The summed E-state index contributed by atoms with van der Waals surface area (Å²) in [5.41, 5.74) is 2.52. The molecule has 3 aliphatic heterocycles. The van der Waals surface area contributed by atoms with Gasteiger partial charge in [-0.3, -0.25) is 4.79 Å². The van der Waals surface area contributed by atoms with Gasteiger partial charge in [-0.15, -0.1) is 0 Å². The molecule has 126 valence electrons. The Morgan fingerprint density at radius 1 is 1.21 bits per heavy atom. The highest BCUT2D eigenvalue weighted by atomic mass is 125. The molecule has 0 aromatic heterocycles. The number of hydrogen-bond donors (Lipinski definition) is 2. The lowest BCUT2D eigenvalue weighted by atomic mass is 9.82. The van der Waals surface area contributed by atoms with Crippen LogP contribution in [0.25, 0.3) is 0 Å². The van der Waals surface area contributed by atoms with E-state index in [4.69, 9.17) is 0 Å². The van der Waals surface area contributed by atoms with E-state index in [1.54, 1.807) is 12.1 Å². The summed E-state index contributed by atoms with van der Waals surface area (Å²) in [5.74, 6) is -1.08. The summed E-state index contributed by atoms with van der Waals surface area (Å²) in [6, 6.07) is 4.53. The minimum Gasteiger partial charge on any atom is -0.360 e. The normalized spacial score (nSPS) is 25.4. The summed E-state index contributed by atoms with van der Waals surface area (Å²) in [6.45, 7) is 0.671. The summed E-state index contributed by atoms with van der Waals surface area (Å²) in [5, 5.41) is 6.17. The van der Waals surface area contributed by atoms with Crippen molar-refractivity contribution in [3.05, 3.63) is 55.0 Å². The van der Waals surface area contributed by atoms with E-state index in [0.29, 0.717) is 33.4 Å². The molecule has 3 heterocycles. The zero-order valence-electron chi connectivity index (χ0n) is 12.5. The number of hydrogen-bond acceptors (Lipinski definition) is 5. The number of Topliss-reactive ketones (excluding diaryl/α,β-unsaturated/α-hetero) is 1. The average Bonchev–Trinajstić information content (AvgIpc) is 2.84. The third-order valence-electron chi connectivity index (χ3n) is 4.60. The zero-order chi connectivity index (χ0) is 17.1. The predicted octanol–water partition coefficient (Wildman–Crippen LogP) is 1.57.